The van der Waals surface area contributed by atoms with Gasteiger partial charge in [0.15, 0.2) is 0 Å². The van der Waals surface area contributed by atoms with Gasteiger partial charge < -0.3 is 4.74 Å². The first-order chi connectivity index (χ1) is 13.9. The highest BCUT2D eigenvalue weighted by Gasteiger charge is 2.29. The van der Waals surface area contributed by atoms with E-state index in [0.717, 1.165) is 15.4 Å². The van der Waals surface area contributed by atoms with Crippen LogP contribution in [0, 0.1) is 6.92 Å². The molecule has 3 rings (SSSR count). The zero-order valence-corrected chi connectivity index (χ0v) is 17.0. The summed E-state index contributed by atoms with van der Waals surface area (Å²) in [6.07, 6.45) is 2.86. The van der Waals surface area contributed by atoms with E-state index in [1.807, 2.05) is 31.2 Å². The van der Waals surface area contributed by atoms with Gasteiger partial charge in [-0.1, -0.05) is 48.0 Å². The molecular weight excluding hydrogens is 386 g/mol. The molecule has 0 aliphatic rings. The Morgan fingerprint density at radius 2 is 1.52 bits per heavy atom. The minimum absolute atomic E-state index is 0.0351. The van der Waals surface area contributed by atoms with Crippen LogP contribution in [-0.2, 0) is 14.8 Å². The van der Waals surface area contributed by atoms with Crippen molar-refractivity contribution >= 4 is 27.7 Å². The Hall–Kier alpha value is -3.38. The van der Waals surface area contributed by atoms with Gasteiger partial charge in [-0.05, 0) is 55.0 Å². The molecule has 0 aliphatic heterocycles. The predicted molar refractivity (Wildman–Crippen MR) is 114 cm³/mol. The maximum atomic E-state index is 13.2. The fourth-order valence-electron chi connectivity index (χ4n) is 2.71. The van der Waals surface area contributed by atoms with E-state index in [0.29, 0.717) is 5.75 Å². The topological polar surface area (TPSA) is 63.7 Å². The molecule has 0 saturated carbocycles. The van der Waals surface area contributed by atoms with Crippen LogP contribution in [0.15, 0.2) is 89.8 Å². The number of rotatable bonds is 6. The van der Waals surface area contributed by atoms with Crippen molar-refractivity contribution in [2.45, 2.75) is 11.8 Å². The van der Waals surface area contributed by atoms with Crippen molar-refractivity contribution in [3.8, 4) is 5.75 Å². The normalized spacial score (nSPS) is 11.4. The largest absolute Gasteiger partial charge is 0.497 e. The van der Waals surface area contributed by atoms with Crippen LogP contribution in [0.25, 0.3) is 6.08 Å². The molecule has 5 nitrogen and oxygen atoms in total. The van der Waals surface area contributed by atoms with Crippen molar-refractivity contribution in [3.05, 3.63) is 96.1 Å². The van der Waals surface area contributed by atoms with Crippen molar-refractivity contribution in [2.75, 3.05) is 11.4 Å². The van der Waals surface area contributed by atoms with Gasteiger partial charge in [0, 0.05) is 6.08 Å². The van der Waals surface area contributed by atoms with E-state index < -0.39 is 15.9 Å². The third-order valence-corrected chi connectivity index (χ3v) is 6.02. The summed E-state index contributed by atoms with van der Waals surface area (Å²) < 4.78 is 32.4. The van der Waals surface area contributed by atoms with Gasteiger partial charge in [-0.2, -0.15) is 4.31 Å². The molecule has 0 N–H and O–H groups in total. The quantitative estimate of drug-likeness (QED) is 0.567. The molecule has 1 amide bonds. The van der Waals surface area contributed by atoms with Gasteiger partial charge in [0.2, 0.25) is 0 Å². The highest BCUT2D eigenvalue weighted by atomic mass is 32.2. The molecule has 0 fully saturated rings. The number of carbonyl (C=O) groups excluding carboxylic acids is 1. The number of anilines is 1. The average Bonchev–Trinajstić information content (AvgIpc) is 2.74. The highest BCUT2D eigenvalue weighted by Crippen LogP contribution is 2.26. The zero-order valence-electron chi connectivity index (χ0n) is 16.1. The van der Waals surface area contributed by atoms with E-state index in [2.05, 4.69) is 0 Å². The van der Waals surface area contributed by atoms with E-state index in [4.69, 9.17) is 4.74 Å². The molecule has 0 atom stereocenters. The number of hydrogen-bond acceptors (Lipinski definition) is 4. The lowest BCUT2D eigenvalue weighted by Gasteiger charge is -2.21. The number of carbonyl (C=O) groups is 1. The minimum atomic E-state index is -4.09. The van der Waals surface area contributed by atoms with Gasteiger partial charge >= 0.3 is 0 Å². The van der Waals surface area contributed by atoms with Crippen molar-refractivity contribution in [2.24, 2.45) is 0 Å². The maximum absolute atomic E-state index is 13.2. The van der Waals surface area contributed by atoms with Gasteiger partial charge in [-0.3, -0.25) is 4.79 Å². The highest BCUT2D eigenvalue weighted by molar-refractivity contribution is 7.93. The minimum Gasteiger partial charge on any atom is -0.497 e. The summed E-state index contributed by atoms with van der Waals surface area (Å²) in [6, 6.07) is 21.7. The molecule has 0 spiro atoms. The van der Waals surface area contributed by atoms with E-state index >= 15 is 0 Å². The van der Waals surface area contributed by atoms with Crippen LogP contribution in [0.4, 0.5) is 5.69 Å². The lowest BCUT2D eigenvalue weighted by Crippen LogP contribution is -2.35. The standard InChI is InChI=1S/C23H21NO4S/c1-18-8-10-19(11-9-18)12-17-23(25)24(20-13-15-21(28-2)16-14-20)29(26,27)22-6-4-3-5-7-22/h3-17H,1-2H3/b17-12+. The van der Waals surface area contributed by atoms with Crippen molar-refractivity contribution < 1.29 is 17.9 Å². The summed E-state index contributed by atoms with van der Waals surface area (Å²) in [7, 11) is -2.58. The summed E-state index contributed by atoms with van der Waals surface area (Å²) in [5, 5.41) is 0. The van der Waals surface area contributed by atoms with Crippen molar-refractivity contribution in [1.82, 2.24) is 0 Å². The second kappa shape index (κ2) is 8.75. The van der Waals surface area contributed by atoms with Crippen molar-refractivity contribution in [1.29, 1.82) is 0 Å². The van der Waals surface area contributed by atoms with E-state index in [9.17, 15) is 13.2 Å². The van der Waals surface area contributed by atoms with Gasteiger partial charge in [0.05, 0.1) is 17.7 Å². The summed E-state index contributed by atoms with van der Waals surface area (Å²) >= 11 is 0. The van der Waals surface area contributed by atoms with Crippen LogP contribution < -0.4 is 9.04 Å². The number of amides is 1. The molecule has 0 aromatic heterocycles. The fraction of sp³-hybridized carbons (Fsp3) is 0.0870. The lowest BCUT2D eigenvalue weighted by atomic mass is 10.1. The Balaban J connectivity index is 2.02. The summed E-state index contributed by atoms with van der Waals surface area (Å²) in [5.41, 5.74) is 2.13. The molecule has 0 saturated heterocycles. The molecule has 0 unspecified atom stereocenters. The first-order valence-electron chi connectivity index (χ1n) is 8.95. The Bertz CT molecular complexity index is 1100. The van der Waals surface area contributed by atoms with E-state index in [-0.39, 0.29) is 10.6 Å². The van der Waals surface area contributed by atoms with Crippen LogP contribution in [0.2, 0.25) is 0 Å². The zero-order chi connectivity index (χ0) is 20.9. The van der Waals surface area contributed by atoms with Gasteiger partial charge in [-0.25, -0.2) is 8.42 Å². The van der Waals surface area contributed by atoms with Crippen LogP contribution >= 0.6 is 0 Å². The monoisotopic (exact) mass is 407 g/mol. The van der Waals surface area contributed by atoms with Crippen LogP contribution in [0.3, 0.4) is 0 Å². The fourth-order valence-corrected chi connectivity index (χ4v) is 4.12. The first-order valence-corrected chi connectivity index (χ1v) is 10.4. The Labute approximate surface area is 170 Å². The number of benzene rings is 3. The number of ether oxygens (including phenoxy) is 1. The molecule has 3 aromatic carbocycles. The number of methoxy groups -OCH3 is 1. The lowest BCUT2D eigenvalue weighted by molar-refractivity contribution is -0.113. The third kappa shape index (κ3) is 4.73. The smallest absolute Gasteiger partial charge is 0.271 e. The number of aryl methyl sites for hydroxylation is 1. The second-order valence-electron chi connectivity index (χ2n) is 6.36. The Kier molecular flexibility index (Phi) is 6.14. The summed E-state index contributed by atoms with van der Waals surface area (Å²) in [5.74, 6) is -0.104. The number of hydrogen-bond donors (Lipinski definition) is 0. The number of sulfonamides is 1. The predicted octanol–water partition coefficient (Wildman–Crippen LogP) is 4.44. The maximum Gasteiger partial charge on any atom is 0.271 e. The van der Waals surface area contributed by atoms with Crippen molar-refractivity contribution in [3.63, 3.8) is 0 Å². The molecule has 0 bridgehead atoms. The first kappa shape index (κ1) is 20.4. The Morgan fingerprint density at radius 1 is 0.897 bits per heavy atom. The molecular formula is C23H21NO4S. The number of nitrogens with zero attached hydrogens (tertiary/aromatic N) is 1. The third-order valence-electron chi connectivity index (χ3n) is 4.28. The van der Waals surface area contributed by atoms with E-state index in [1.54, 1.807) is 36.4 Å². The molecule has 0 heterocycles. The van der Waals surface area contributed by atoms with E-state index in [1.165, 1.54) is 37.5 Å². The second-order valence-corrected chi connectivity index (χ2v) is 8.15. The molecule has 0 aliphatic carbocycles. The molecule has 29 heavy (non-hydrogen) atoms. The van der Waals surface area contributed by atoms with Gasteiger partial charge in [0.1, 0.15) is 5.75 Å². The van der Waals surface area contributed by atoms with Gasteiger partial charge in [-0.15, -0.1) is 0 Å². The summed E-state index contributed by atoms with van der Waals surface area (Å²) in [6.45, 7) is 1.97. The molecule has 6 heteroatoms. The molecule has 148 valence electrons. The van der Waals surface area contributed by atoms with Gasteiger partial charge in [0.25, 0.3) is 15.9 Å². The van der Waals surface area contributed by atoms with Crippen LogP contribution in [0.5, 0.6) is 5.75 Å². The summed E-state index contributed by atoms with van der Waals surface area (Å²) in [4.78, 5) is 13.0. The van der Waals surface area contributed by atoms with Crippen LogP contribution in [-0.4, -0.2) is 21.4 Å². The average molecular weight is 407 g/mol. The Morgan fingerprint density at radius 3 is 2.10 bits per heavy atom. The SMILES string of the molecule is COc1ccc(N(C(=O)/C=C/c2ccc(C)cc2)S(=O)(=O)c2ccccc2)cc1. The van der Waals surface area contributed by atoms with Crippen LogP contribution in [0.1, 0.15) is 11.1 Å². The molecule has 3 aromatic rings. The molecule has 0 radical (unpaired) electrons.